The summed E-state index contributed by atoms with van der Waals surface area (Å²) in [6.07, 6.45) is 1.75. The lowest BCUT2D eigenvalue weighted by molar-refractivity contribution is 0.355. The molecular formula is C21H21F2N3O3. The molecule has 29 heavy (non-hydrogen) atoms. The molecule has 8 heteroatoms. The van der Waals surface area contributed by atoms with Gasteiger partial charge in [0.25, 0.3) is 0 Å². The zero-order valence-electron chi connectivity index (χ0n) is 16.3. The molecule has 0 radical (unpaired) electrons. The normalized spacial score (nSPS) is 10.7. The molecule has 2 aromatic carbocycles. The molecule has 0 unspecified atom stereocenters. The molecule has 0 spiro atoms. The quantitative estimate of drug-likeness (QED) is 0.651. The highest BCUT2D eigenvalue weighted by Crippen LogP contribution is 2.34. The summed E-state index contributed by atoms with van der Waals surface area (Å²) in [7, 11) is 3.07. The fraction of sp³-hybridized carbons (Fsp3) is 0.238. The Morgan fingerprint density at radius 1 is 1.07 bits per heavy atom. The second-order valence-electron chi connectivity index (χ2n) is 6.31. The molecule has 0 saturated heterocycles. The third-order valence-electron chi connectivity index (χ3n) is 4.46. The Balaban J connectivity index is 2.03. The van der Waals surface area contributed by atoms with E-state index in [4.69, 9.17) is 9.47 Å². The Morgan fingerprint density at radius 2 is 1.72 bits per heavy atom. The Kier molecular flexibility index (Phi) is 6.11. The number of ether oxygens (including phenoxy) is 2. The fourth-order valence-corrected chi connectivity index (χ4v) is 2.92. The first-order valence-corrected chi connectivity index (χ1v) is 8.98. The highest BCUT2D eigenvalue weighted by Gasteiger charge is 2.14. The average molecular weight is 401 g/mol. The van der Waals surface area contributed by atoms with Crippen LogP contribution in [0.2, 0.25) is 0 Å². The predicted octanol–water partition coefficient (Wildman–Crippen LogP) is 3.89. The second-order valence-corrected chi connectivity index (χ2v) is 6.31. The third-order valence-corrected chi connectivity index (χ3v) is 4.46. The van der Waals surface area contributed by atoms with Crippen molar-refractivity contribution in [3.63, 3.8) is 0 Å². The molecule has 0 atom stereocenters. The van der Waals surface area contributed by atoms with Crippen LogP contribution in [0.3, 0.4) is 0 Å². The van der Waals surface area contributed by atoms with Crippen molar-refractivity contribution < 1.29 is 18.3 Å². The fourth-order valence-electron chi connectivity index (χ4n) is 2.92. The van der Waals surface area contributed by atoms with E-state index in [1.165, 1.54) is 23.8 Å². The van der Waals surface area contributed by atoms with Crippen molar-refractivity contribution in [2.75, 3.05) is 19.5 Å². The van der Waals surface area contributed by atoms with Gasteiger partial charge in [-0.2, -0.15) is 9.37 Å². The largest absolute Gasteiger partial charge is 0.493 e. The Bertz CT molecular complexity index is 1070. The number of aryl methyl sites for hydroxylation is 1. The Labute approximate surface area is 166 Å². The summed E-state index contributed by atoms with van der Waals surface area (Å²) >= 11 is 0. The Morgan fingerprint density at radius 3 is 2.34 bits per heavy atom. The maximum atomic E-state index is 13.9. The van der Waals surface area contributed by atoms with Gasteiger partial charge in [0.2, 0.25) is 11.8 Å². The van der Waals surface area contributed by atoms with Gasteiger partial charge >= 0.3 is 5.56 Å². The third kappa shape index (κ3) is 4.53. The van der Waals surface area contributed by atoms with Gasteiger partial charge in [0.1, 0.15) is 5.82 Å². The van der Waals surface area contributed by atoms with Gasteiger partial charge in [-0.05, 0) is 35.7 Å². The number of nitrogens with zero attached hydrogens (tertiary/aromatic N) is 2. The van der Waals surface area contributed by atoms with Crippen LogP contribution in [-0.2, 0) is 13.0 Å². The summed E-state index contributed by atoms with van der Waals surface area (Å²) in [6.45, 7) is 2.16. The van der Waals surface area contributed by atoms with E-state index in [1.54, 1.807) is 25.3 Å². The molecule has 152 valence electrons. The van der Waals surface area contributed by atoms with Crippen LogP contribution in [0.4, 0.5) is 20.4 Å². The van der Waals surface area contributed by atoms with E-state index >= 15 is 0 Å². The number of anilines is 2. The zero-order valence-corrected chi connectivity index (χ0v) is 16.3. The molecule has 3 aromatic rings. The summed E-state index contributed by atoms with van der Waals surface area (Å²) in [4.78, 5) is 15.7. The summed E-state index contributed by atoms with van der Waals surface area (Å²) in [6, 6.07) is 9.37. The monoisotopic (exact) mass is 401 g/mol. The van der Waals surface area contributed by atoms with Crippen LogP contribution in [0.15, 0.2) is 47.4 Å². The van der Waals surface area contributed by atoms with Crippen LogP contribution in [-0.4, -0.2) is 23.8 Å². The van der Waals surface area contributed by atoms with Gasteiger partial charge in [0, 0.05) is 18.0 Å². The first kappa shape index (κ1) is 20.3. The molecule has 1 N–H and O–H groups in total. The molecule has 3 rings (SSSR count). The van der Waals surface area contributed by atoms with Crippen molar-refractivity contribution >= 4 is 11.6 Å². The maximum Gasteiger partial charge on any atom is 0.310 e. The average Bonchev–Trinajstić information content (AvgIpc) is 2.72. The maximum absolute atomic E-state index is 13.9. The zero-order chi connectivity index (χ0) is 21.0. The van der Waals surface area contributed by atoms with Gasteiger partial charge in [-0.1, -0.05) is 19.1 Å². The van der Waals surface area contributed by atoms with Crippen molar-refractivity contribution in [3.8, 4) is 11.5 Å². The van der Waals surface area contributed by atoms with Crippen molar-refractivity contribution in [1.82, 2.24) is 9.55 Å². The minimum Gasteiger partial charge on any atom is -0.493 e. The first-order valence-electron chi connectivity index (χ1n) is 8.98. The standard InChI is InChI=1S/C21H21F2N3O3/c1-4-14-9-18(28-2)19(29-3)10-17(14)24-21-25-20(27)16(23)12-26(21)11-13-5-7-15(22)8-6-13/h5-10,12H,4,11H2,1-3H3,(H,24,25,27). The number of halogens is 2. The lowest BCUT2D eigenvalue weighted by Gasteiger charge is -2.18. The van der Waals surface area contributed by atoms with Gasteiger partial charge in [-0.25, -0.2) is 4.39 Å². The minimum absolute atomic E-state index is 0.155. The second kappa shape index (κ2) is 8.72. The van der Waals surface area contributed by atoms with Gasteiger partial charge in [0.15, 0.2) is 11.5 Å². The van der Waals surface area contributed by atoms with Crippen LogP contribution in [0.25, 0.3) is 0 Å². The van der Waals surface area contributed by atoms with E-state index in [2.05, 4.69) is 10.3 Å². The van der Waals surface area contributed by atoms with Crippen LogP contribution in [0, 0.1) is 11.6 Å². The number of rotatable bonds is 7. The van der Waals surface area contributed by atoms with Gasteiger partial charge in [0.05, 0.1) is 20.8 Å². The molecule has 0 aliphatic heterocycles. The minimum atomic E-state index is -0.972. The van der Waals surface area contributed by atoms with E-state index in [0.29, 0.717) is 23.6 Å². The topological polar surface area (TPSA) is 65.4 Å². The summed E-state index contributed by atoms with van der Waals surface area (Å²) in [5, 5.41) is 3.09. The van der Waals surface area contributed by atoms with E-state index in [-0.39, 0.29) is 18.3 Å². The van der Waals surface area contributed by atoms with E-state index in [1.807, 2.05) is 13.0 Å². The molecule has 1 aromatic heterocycles. The van der Waals surface area contributed by atoms with E-state index in [0.717, 1.165) is 17.3 Å². The number of methoxy groups -OCH3 is 2. The molecular weight excluding hydrogens is 380 g/mol. The highest BCUT2D eigenvalue weighted by atomic mass is 19.1. The molecule has 0 fully saturated rings. The molecule has 0 saturated carbocycles. The summed E-state index contributed by atoms with van der Waals surface area (Å²) in [5.41, 5.74) is 1.30. The van der Waals surface area contributed by atoms with E-state index < -0.39 is 11.4 Å². The molecule has 6 nitrogen and oxygen atoms in total. The van der Waals surface area contributed by atoms with Crippen LogP contribution < -0.4 is 20.3 Å². The molecule has 0 bridgehead atoms. The lowest BCUT2D eigenvalue weighted by atomic mass is 10.1. The number of nitrogens with one attached hydrogen (secondary N) is 1. The van der Waals surface area contributed by atoms with Gasteiger partial charge < -0.3 is 19.4 Å². The molecule has 0 amide bonds. The van der Waals surface area contributed by atoms with Crippen LogP contribution >= 0.6 is 0 Å². The number of aromatic nitrogens is 2. The van der Waals surface area contributed by atoms with Crippen LogP contribution in [0.1, 0.15) is 18.1 Å². The van der Waals surface area contributed by atoms with Crippen molar-refractivity contribution in [2.45, 2.75) is 19.9 Å². The smallest absolute Gasteiger partial charge is 0.310 e. The highest BCUT2D eigenvalue weighted by molar-refractivity contribution is 5.65. The lowest BCUT2D eigenvalue weighted by Crippen LogP contribution is -2.20. The number of hydrogen-bond acceptors (Lipinski definition) is 5. The molecule has 0 aliphatic rings. The summed E-state index contributed by atoms with van der Waals surface area (Å²) < 4.78 is 39.2. The number of hydrogen-bond donors (Lipinski definition) is 1. The SMILES string of the molecule is CCc1cc(OC)c(OC)cc1Nc1nc(=O)c(F)cn1Cc1ccc(F)cc1. The van der Waals surface area contributed by atoms with Gasteiger partial charge in [-0.3, -0.25) is 4.79 Å². The summed E-state index contributed by atoms with van der Waals surface area (Å²) in [5.74, 6) is -0.107. The molecule has 1 heterocycles. The first-order chi connectivity index (χ1) is 13.9. The molecule has 0 aliphatic carbocycles. The number of benzene rings is 2. The predicted molar refractivity (Wildman–Crippen MR) is 106 cm³/mol. The van der Waals surface area contributed by atoms with Crippen LogP contribution in [0.5, 0.6) is 11.5 Å². The Hall–Kier alpha value is -3.42. The van der Waals surface area contributed by atoms with Gasteiger partial charge in [-0.15, -0.1) is 0 Å². The van der Waals surface area contributed by atoms with E-state index in [9.17, 15) is 13.6 Å². The van der Waals surface area contributed by atoms with Crippen molar-refractivity contribution in [1.29, 1.82) is 0 Å². The van der Waals surface area contributed by atoms with Crippen molar-refractivity contribution in [2.24, 2.45) is 0 Å². The van der Waals surface area contributed by atoms with Crippen molar-refractivity contribution in [3.05, 3.63) is 75.7 Å².